The largest absolute Gasteiger partial charge is 0.393 e. The van der Waals surface area contributed by atoms with Crippen molar-refractivity contribution in [3.05, 3.63) is 34.9 Å². The highest BCUT2D eigenvalue weighted by molar-refractivity contribution is 5.74. The second kappa shape index (κ2) is 6.94. The van der Waals surface area contributed by atoms with Crippen molar-refractivity contribution < 1.29 is 9.90 Å². The van der Waals surface area contributed by atoms with Crippen molar-refractivity contribution in [3.63, 3.8) is 0 Å². The molecular formula is C17H26N2O2. The van der Waals surface area contributed by atoms with E-state index in [1.54, 1.807) is 0 Å². The average Bonchev–Trinajstić information content (AvgIpc) is 2.44. The molecule has 1 aromatic rings. The van der Waals surface area contributed by atoms with Gasteiger partial charge >= 0.3 is 6.03 Å². The Morgan fingerprint density at radius 2 is 1.90 bits per heavy atom. The minimum absolute atomic E-state index is 0.0147. The number of nitrogens with one attached hydrogen (secondary N) is 2. The Balaban J connectivity index is 1.88. The summed E-state index contributed by atoms with van der Waals surface area (Å²) in [5.41, 5.74) is 3.62. The van der Waals surface area contributed by atoms with Gasteiger partial charge in [-0.1, -0.05) is 18.2 Å². The molecule has 1 aliphatic carbocycles. The molecule has 0 aliphatic heterocycles. The molecule has 4 heteroatoms. The van der Waals surface area contributed by atoms with E-state index in [1.165, 1.54) is 11.1 Å². The van der Waals surface area contributed by atoms with Crippen LogP contribution in [0.25, 0.3) is 0 Å². The fourth-order valence-corrected chi connectivity index (χ4v) is 2.96. The zero-order valence-electron chi connectivity index (χ0n) is 13.1. The van der Waals surface area contributed by atoms with Crippen LogP contribution in [-0.2, 0) is 0 Å². The van der Waals surface area contributed by atoms with E-state index in [9.17, 15) is 9.90 Å². The second-order valence-electron chi connectivity index (χ2n) is 6.13. The number of carbonyl (C=O) groups is 1. The molecule has 1 unspecified atom stereocenters. The maximum absolute atomic E-state index is 12.1. The van der Waals surface area contributed by atoms with Crippen LogP contribution in [0.4, 0.5) is 4.79 Å². The fraction of sp³-hybridized carbons (Fsp3) is 0.588. The van der Waals surface area contributed by atoms with Crippen molar-refractivity contribution >= 4 is 6.03 Å². The van der Waals surface area contributed by atoms with E-state index in [4.69, 9.17) is 0 Å². The Bertz CT molecular complexity index is 494. The maximum atomic E-state index is 12.1. The predicted molar refractivity (Wildman–Crippen MR) is 84.3 cm³/mol. The highest BCUT2D eigenvalue weighted by atomic mass is 16.3. The molecule has 0 spiro atoms. The van der Waals surface area contributed by atoms with E-state index in [0.29, 0.717) is 0 Å². The molecule has 21 heavy (non-hydrogen) atoms. The number of benzene rings is 1. The van der Waals surface area contributed by atoms with Gasteiger partial charge in [-0.05, 0) is 63.1 Å². The summed E-state index contributed by atoms with van der Waals surface area (Å²) in [6.45, 7) is 6.17. The molecule has 0 bridgehead atoms. The summed E-state index contributed by atoms with van der Waals surface area (Å²) < 4.78 is 0. The van der Waals surface area contributed by atoms with Crippen molar-refractivity contribution in [2.45, 2.75) is 64.6 Å². The second-order valence-corrected chi connectivity index (χ2v) is 6.13. The first-order valence-corrected chi connectivity index (χ1v) is 7.78. The van der Waals surface area contributed by atoms with Crippen molar-refractivity contribution in [2.24, 2.45) is 0 Å². The summed E-state index contributed by atoms with van der Waals surface area (Å²) in [5.74, 6) is 0. The Kier molecular flexibility index (Phi) is 5.23. The van der Waals surface area contributed by atoms with Gasteiger partial charge in [0.05, 0.1) is 12.1 Å². The lowest BCUT2D eigenvalue weighted by atomic mass is 9.93. The Morgan fingerprint density at radius 3 is 2.57 bits per heavy atom. The molecule has 1 atom stereocenters. The first kappa shape index (κ1) is 15.8. The Morgan fingerprint density at radius 1 is 1.24 bits per heavy atom. The third-order valence-electron chi connectivity index (χ3n) is 4.49. The van der Waals surface area contributed by atoms with E-state index in [1.807, 2.05) is 13.0 Å². The zero-order valence-corrected chi connectivity index (χ0v) is 13.1. The van der Waals surface area contributed by atoms with Gasteiger partial charge in [0.1, 0.15) is 0 Å². The van der Waals surface area contributed by atoms with E-state index in [2.05, 4.69) is 36.6 Å². The van der Waals surface area contributed by atoms with Crippen molar-refractivity contribution in [2.75, 3.05) is 0 Å². The van der Waals surface area contributed by atoms with Gasteiger partial charge < -0.3 is 15.7 Å². The number of aryl methyl sites for hydroxylation is 1. The normalized spacial score (nSPS) is 23.4. The molecule has 1 aromatic carbocycles. The summed E-state index contributed by atoms with van der Waals surface area (Å²) in [7, 11) is 0. The van der Waals surface area contributed by atoms with Crippen molar-refractivity contribution in [1.82, 2.24) is 10.6 Å². The van der Waals surface area contributed by atoms with Gasteiger partial charge in [-0.2, -0.15) is 0 Å². The molecular weight excluding hydrogens is 264 g/mol. The monoisotopic (exact) mass is 290 g/mol. The van der Waals surface area contributed by atoms with Crippen LogP contribution in [0.3, 0.4) is 0 Å². The fourth-order valence-electron chi connectivity index (χ4n) is 2.96. The van der Waals surface area contributed by atoms with Gasteiger partial charge in [0.2, 0.25) is 0 Å². The lowest BCUT2D eigenvalue weighted by molar-refractivity contribution is 0.117. The van der Waals surface area contributed by atoms with Gasteiger partial charge in [-0.15, -0.1) is 0 Å². The number of aliphatic hydroxyl groups is 1. The highest BCUT2D eigenvalue weighted by Gasteiger charge is 2.21. The van der Waals surface area contributed by atoms with Gasteiger partial charge in [0, 0.05) is 6.04 Å². The minimum Gasteiger partial charge on any atom is -0.393 e. The highest BCUT2D eigenvalue weighted by Crippen LogP contribution is 2.21. The number of amides is 2. The lowest BCUT2D eigenvalue weighted by Crippen LogP contribution is -2.44. The first-order chi connectivity index (χ1) is 9.97. The van der Waals surface area contributed by atoms with E-state index >= 15 is 0 Å². The number of urea groups is 1. The average molecular weight is 290 g/mol. The SMILES string of the molecule is Cc1cccc(C(C)NC(=O)NC2CCC(O)CC2)c1C. The van der Waals surface area contributed by atoms with Crippen LogP contribution in [0.15, 0.2) is 18.2 Å². The standard InChI is InChI=1S/C17H26N2O2/c1-11-5-4-6-16(12(11)2)13(3)18-17(21)19-14-7-9-15(20)10-8-14/h4-6,13-15,20H,7-10H2,1-3H3,(H2,18,19,21). The van der Waals surface area contributed by atoms with Crippen LogP contribution < -0.4 is 10.6 Å². The molecule has 1 saturated carbocycles. The van der Waals surface area contributed by atoms with Gasteiger partial charge in [0.25, 0.3) is 0 Å². The van der Waals surface area contributed by atoms with E-state index in [-0.39, 0.29) is 24.2 Å². The Hall–Kier alpha value is -1.55. The lowest BCUT2D eigenvalue weighted by Gasteiger charge is -2.27. The third kappa shape index (κ3) is 4.21. The minimum atomic E-state index is -0.194. The van der Waals surface area contributed by atoms with Crippen LogP contribution in [0.1, 0.15) is 55.3 Å². The summed E-state index contributed by atoms with van der Waals surface area (Å²) in [6, 6.07) is 6.21. The molecule has 2 amide bonds. The van der Waals surface area contributed by atoms with Gasteiger partial charge in [-0.3, -0.25) is 0 Å². The molecule has 1 fully saturated rings. The summed E-state index contributed by atoms with van der Waals surface area (Å²) in [4.78, 5) is 12.1. The molecule has 2 rings (SSSR count). The van der Waals surface area contributed by atoms with Gasteiger partial charge in [0.15, 0.2) is 0 Å². The molecule has 0 aromatic heterocycles. The number of hydrogen-bond donors (Lipinski definition) is 3. The number of hydrogen-bond acceptors (Lipinski definition) is 2. The van der Waals surface area contributed by atoms with Crippen LogP contribution >= 0.6 is 0 Å². The molecule has 0 heterocycles. The molecule has 0 saturated heterocycles. The van der Waals surface area contributed by atoms with Crippen molar-refractivity contribution in [3.8, 4) is 0 Å². The maximum Gasteiger partial charge on any atom is 0.315 e. The molecule has 116 valence electrons. The van der Waals surface area contributed by atoms with Crippen LogP contribution in [0.5, 0.6) is 0 Å². The summed E-state index contributed by atoms with van der Waals surface area (Å²) in [6.07, 6.45) is 3.06. The van der Waals surface area contributed by atoms with Gasteiger partial charge in [-0.25, -0.2) is 4.79 Å². The molecule has 3 N–H and O–H groups in total. The summed E-state index contributed by atoms with van der Waals surface area (Å²) in [5, 5.41) is 15.5. The van der Waals surface area contributed by atoms with Crippen LogP contribution in [-0.4, -0.2) is 23.3 Å². The predicted octanol–water partition coefficient (Wildman–Crippen LogP) is 2.97. The molecule has 1 aliphatic rings. The number of rotatable bonds is 3. The van der Waals surface area contributed by atoms with Crippen LogP contribution in [0.2, 0.25) is 0 Å². The third-order valence-corrected chi connectivity index (χ3v) is 4.49. The number of carbonyl (C=O) groups excluding carboxylic acids is 1. The van der Waals surface area contributed by atoms with Crippen LogP contribution in [0, 0.1) is 13.8 Å². The molecule has 0 radical (unpaired) electrons. The Labute approximate surface area is 126 Å². The number of aliphatic hydroxyl groups excluding tert-OH is 1. The topological polar surface area (TPSA) is 61.4 Å². The first-order valence-electron chi connectivity index (χ1n) is 7.78. The van der Waals surface area contributed by atoms with E-state index in [0.717, 1.165) is 31.2 Å². The van der Waals surface area contributed by atoms with E-state index < -0.39 is 0 Å². The van der Waals surface area contributed by atoms with Crippen molar-refractivity contribution in [1.29, 1.82) is 0 Å². The smallest absolute Gasteiger partial charge is 0.315 e. The molecule has 4 nitrogen and oxygen atoms in total. The quantitative estimate of drug-likeness (QED) is 0.801. The summed E-state index contributed by atoms with van der Waals surface area (Å²) >= 11 is 0. The zero-order chi connectivity index (χ0) is 15.4.